The van der Waals surface area contributed by atoms with Gasteiger partial charge in [0.15, 0.2) is 0 Å². The van der Waals surface area contributed by atoms with Gasteiger partial charge in [-0.05, 0) is 18.9 Å². The average molecular weight is 140 g/mol. The smallest absolute Gasteiger partial charge is 0.0681 e. The van der Waals surface area contributed by atoms with E-state index in [-0.39, 0.29) is 6.61 Å². The molecule has 1 nitrogen and oxygen atoms in total. The number of aliphatic hydroxyl groups is 1. The minimum atomic E-state index is 0.120. The number of aliphatic hydroxyl groups excluding tert-OH is 1. The van der Waals surface area contributed by atoms with Crippen molar-refractivity contribution in [3.63, 3.8) is 0 Å². The molecule has 0 aromatic carbocycles. The lowest BCUT2D eigenvalue weighted by atomic mass is 10.1. The van der Waals surface area contributed by atoms with E-state index in [0.717, 1.165) is 24.0 Å². The molecule has 1 heteroatoms. The highest BCUT2D eigenvalue weighted by Gasteiger charge is 1.92. The van der Waals surface area contributed by atoms with E-state index < -0.39 is 0 Å². The van der Waals surface area contributed by atoms with Gasteiger partial charge in [0, 0.05) is 0 Å². The summed E-state index contributed by atoms with van der Waals surface area (Å²) in [7, 11) is 0. The quantitative estimate of drug-likeness (QED) is 0.594. The molecule has 0 saturated heterocycles. The first kappa shape index (κ1) is 9.44. The van der Waals surface area contributed by atoms with Gasteiger partial charge in [-0.2, -0.15) is 0 Å². The van der Waals surface area contributed by atoms with Crippen LogP contribution in [0.5, 0.6) is 0 Å². The van der Waals surface area contributed by atoms with Gasteiger partial charge in [-0.1, -0.05) is 31.6 Å². The normalized spacial score (nSPS) is 11.7. The molecule has 0 rings (SSSR count). The lowest BCUT2D eigenvalue weighted by Crippen LogP contribution is -1.90. The first-order valence-corrected chi connectivity index (χ1v) is 3.68. The van der Waals surface area contributed by atoms with Crippen molar-refractivity contribution in [1.29, 1.82) is 0 Å². The molecule has 0 aliphatic carbocycles. The Labute approximate surface area is 63.1 Å². The van der Waals surface area contributed by atoms with Crippen LogP contribution in [-0.4, -0.2) is 11.7 Å². The van der Waals surface area contributed by atoms with Crippen LogP contribution in [0.15, 0.2) is 23.8 Å². The topological polar surface area (TPSA) is 20.2 Å². The summed E-state index contributed by atoms with van der Waals surface area (Å²) in [6, 6.07) is 0. The molecule has 0 spiro atoms. The second kappa shape index (κ2) is 5.24. The molecular weight excluding hydrogens is 124 g/mol. The Morgan fingerprint density at radius 3 is 2.50 bits per heavy atom. The van der Waals surface area contributed by atoms with E-state index in [0.29, 0.717) is 0 Å². The van der Waals surface area contributed by atoms with Gasteiger partial charge in [0.2, 0.25) is 0 Å². The molecule has 0 saturated carbocycles. The second-order valence-electron chi connectivity index (χ2n) is 2.46. The lowest BCUT2D eigenvalue weighted by Gasteiger charge is -2.00. The maximum absolute atomic E-state index is 8.79. The van der Waals surface area contributed by atoms with Gasteiger partial charge < -0.3 is 5.11 Å². The highest BCUT2D eigenvalue weighted by molar-refractivity contribution is 5.26. The van der Waals surface area contributed by atoms with E-state index in [1.807, 2.05) is 13.0 Å². The van der Waals surface area contributed by atoms with Crippen LogP contribution in [0.1, 0.15) is 26.7 Å². The molecule has 0 amide bonds. The fourth-order valence-electron chi connectivity index (χ4n) is 0.692. The zero-order valence-electron chi connectivity index (χ0n) is 6.85. The van der Waals surface area contributed by atoms with Crippen molar-refractivity contribution in [2.24, 2.45) is 0 Å². The van der Waals surface area contributed by atoms with Crippen molar-refractivity contribution < 1.29 is 5.11 Å². The molecule has 0 aliphatic rings. The Hall–Kier alpha value is -0.560. The molecule has 0 unspecified atom stereocenters. The number of unbranched alkanes of at least 4 members (excludes halogenated alkanes) is 1. The van der Waals surface area contributed by atoms with Crippen molar-refractivity contribution in [1.82, 2.24) is 0 Å². The van der Waals surface area contributed by atoms with E-state index in [9.17, 15) is 0 Å². The Morgan fingerprint density at radius 1 is 1.60 bits per heavy atom. The summed E-state index contributed by atoms with van der Waals surface area (Å²) < 4.78 is 0. The fourth-order valence-corrected chi connectivity index (χ4v) is 0.692. The van der Waals surface area contributed by atoms with Crippen molar-refractivity contribution in [2.45, 2.75) is 26.7 Å². The van der Waals surface area contributed by atoms with E-state index >= 15 is 0 Å². The highest BCUT2D eigenvalue weighted by Crippen LogP contribution is 2.06. The largest absolute Gasteiger partial charge is 0.392 e. The van der Waals surface area contributed by atoms with Gasteiger partial charge in [0.1, 0.15) is 0 Å². The average Bonchev–Trinajstić information content (AvgIpc) is 1.89. The van der Waals surface area contributed by atoms with Crippen molar-refractivity contribution in [2.75, 3.05) is 6.61 Å². The summed E-state index contributed by atoms with van der Waals surface area (Å²) in [6.45, 7) is 7.90. The molecule has 0 aromatic heterocycles. The van der Waals surface area contributed by atoms with Gasteiger partial charge in [-0.3, -0.25) is 0 Å². The van der Waals surface area contributed by atoms with Crippen LogP contribution >= 0.6 is 0 Å². The predicted octanol–water partition coefficient (Wildman–Crippen LogP) is 2.28. The van der Waals surface area contributed by atoms with E-state index in [1.165, 1.54) is 0 Å². The minimum Gasteiger partial charge on any atom is -0.392 e. The molecule has 0 atom stereocenters. The third kappa shape index (κ3) is 3.46. The Kier molecular flexibility index (Phi) is 4.95. The lowest BCUT2D eigenvalue weighted by molar-refractivity contribution is 0.333. The zero-order valence-corrected chi connectivity index (χ0v) is 6.85. The first-order valence-electron chi connectivity index (χ1n) is 3.68. The van der Waals surface area contributed by atoms with Crippen molar-refractivity contribution in [3.8, 4) is 0 Å². The maximum Gasteiger partial charge on any atom is 0.0681 e. The molecule has 0 aromatic rings. The number of hydrogen-bond acceptors (Lipinski definition) is 1. The summed E-state index contributed by atoms with van der Waals surface area (Å²) in [6.07, 6.45) is 4.20. The third-order valence-corrected chi connectivity index (χ3v) is 1.40. The molecular formula is C9H16O. The van der Waals surface area contributed by atoms with Crippen LogP contribution in [0.3, 0.4) is 0 Å². The fraction of sp³-hybridized carbons (Fsp3) is 0.556. The van der Waals surface area contributed by atoms with Crippen LogP contribution < -0.4 is 0 Å². The molecule has 0 heterocycles. The highest BCUT2D eigenvalue weighted by atomic mass is 16.3. The van der Waals surface area contributed by atoms with Crippen LogP contribution in [0, 0.1) is 0 Å². The summed E-state index contributed by atoms with van der Waals surface area (Å²) in [4.78, 5) is 0. The Balaban J connectivity index is 3.91. The SMILES string of the molecule is C=C(C)/C(=C\CCC)CO. The monoisotopic (exact) mass is 140 g/mol. The summed E-state index contributed by atoms with van der Waals surface area (Å²) in [5.41, 5.74) is 1.94. The minimum absolute atomic E-state index is 0.120. The van der Waals surface area contributed by atoms with E-state index in [2.05, 4.69) is 13.5 Å². The summed E-state index contributed by atoms with van der Waals surface area (Å²) >= 11 is 0. The number of hydrogen-bond donors (Lipinski definition) is 1. The molecule has 0 aliphatic heterocycles. The summed E-state index contributed by atoms with van der Waals surface area (Å²) in [5.74, 6) is 0. The summed E-state index contributed by atoms with van der Waals surface area (Å²) in [5, 5.41) is 8.79. The second-order valence-corrected chi connectivity index (χ2v) is 2.46. The van der Waals surface area contributed by atoms with Gasteiger partial charge in [0.05, 0.1) is 6.61 Å². The first-order chi connectivity index (χ1) is 4.72. The van der Waals surface area contributed by atoms with E-state index in [1.54, 1.807) is 0 Å². The standard InChI is InChI=1S/C9H16O/c1-4-5-6-9(7-10)8(2)3/h6,10H,2,4-5,7H2,1,3H3/b9-6-. The van der Waals surface area contributed by atoms with Crippen LogP contribution in [0.4, 0.5) is 0 Å². The van der Waals surface area contributed by atoms with Crippen molar-refractivity contribution in [3.05, 3.63) is 23.8 Å². The molecule has 1 N–H and O–H groups in total. The molecule has 10 heavy (non-hydrogen) atoms. The van der Waals surface area contributed by atoms with Gasteiger partial charge >= 0.3 is 0 Å². The Morgan fingerprint density at radius 2 is 2.20 bits per heavy atom. The Bertz CT molecular complexity index is 134. The van der Waals surface area contributed by atoms with Gasteiger partial charge in [0.25, 0.3) is 0 Å². The zero-order chi connectivity index (χ0) is 7.98. The maximum atomic E-state index is 8.79. The van der Waals surface area contributed by atoms with Crippen molar-refractivity contribution >= 4 is 0 Å². The number of rotatable bonds is 4. The molecule has 58 valence electrons. The van der Waals surface area contributed by atoms with E-state index in [4.69, 9.17) is 5.11 Å². The van der Waals surface area contributed by atoms with Gasteiger partial charge in [-0.25, -0.2) is 0 Å². The predicted molar refractivity (Wildman–Crippen MR) is 44.9 cm³/mol. The van der Waals surface area contributed by atoms with Crippen LogP contribution in [-0.2, 0) is 0 Å². The number of allylic oxidation sites excluding steroid dienone is 1. The molecule has 0 bridgehead atoms. The van der Waals surface area contributed by atoms with Gasteiger partial charge in [-0.15, -0.1) is 0 Å². The third-order valence-electron chi connectivity index (χ3n) is 1.40. The van der Waals surface area contributed by atoms with Crippen LogP contribution in [0.25, 0.3) is 0 Å². The van der Waals surface area contributed by atoms with Crippen LogP contribution in [0.2, 0.25) is 0 Å². The molecule has 0 fully saturated rings. The molecule has 0 radical (unpaired) electrons.